The number of pyridine rings is 1. The first kappa shape index (κ1) is 26.9. The Labute approximate surface area is 180 Å². The van der Waals surface area contributed by atoms with E-state index in [4.69, 9.17) is 0 Å². The highest BCUT2D eigenvalue weighted by molar-refractivity contribution is 5.68. The first-order chi connectivity index (χ1) is 14.2. The SMILES string of the molecule is CC.CC.CCC.CCC=CCC1CC=c2ccccc2=C1c1cc(C)ccn1. The quantitative estimate of drug-likeness (QED) is 0.500. The van der Waals surface area contributed by atoms with Crippen LogP contribution in [0, 0.1) is 12.8 Å². The number of hydrogen-bond donors (Lipinski definition) is 0. The van der Waals surface area contributed by atoms with E-state index in [2.05, 4.69) is 87.3 Å². The molecule has 1 aliphatic carbocycles. The molecule has 1 unspecified atom stereocenters. The van der Waals surface area contributed by atoms with Gasteiger partial charge < -0.3 is 0 Å². The zero-order chi connectivity index (χ0) is 22.1. The van der Waals surface area contributed by atoms with Gasteiger partial charge >= 0.3 is 0 Å². The molecule has 2 aromatic rings. The lowest BCUT2D eigenvalue weighted by Crippen LogP contribution is -2.33. The number of aryl methyl sites for hydroxylation is 1. The van der Waals surface area contributed by atoms with Crippen LogP contribution in [0.2, 0.25) is 0 Å². The molecule has 0 N–H and O–H groups in total. The van der Waals surface area contributed by atoms with Gasteiger partial charge in [-0.2, -0.15) is 0 Å². The Morgan fingerprint density at radius 1 is 0.966 bits per heavy atom. The largest absolute Gasteiger partial charge is 0.257 e. The molecule has 0 aliphatic heterocycles. The third kappa shape index (κ3) is 8.81. The Hall–Kier alpha value is -2.15. The molecular formula is C28H43N. The summed E-state index contributed by atoms with van der Waals surface area (Å²) in [6.45, 7) is 16.6. The van der Waals surface area contributed by atoms with Crippen molar-refractivity contribution in [3.63, 3.8) is 0 Å². The predicted molar refractivity (Wildman–Crippen MR) is 132 cm³/mol. The third-order valence-electron chi connectivity index (χ3n) is 4.30. The molecule has 1 nitrogen and oxygen atoms in total. The van der Waals surface area contributed by atoms with Gasteiger partial charge in [-0.25, -0.2) is 0 Å². The van der Waals surface area contributed by atoms with Crippen molar-refractivity contribution in [1.82, 2.24) is 4.98 Å². The van der Waals surface area contributed by atoms with E-state index in [1.807, 2.05) is 33.9 Å². The lowest BCUT2D eigenvalue weighted by atomic mass is 9.84. The minimum atomic E-state index is 0.520. The Morgan fingerprint density at radius 3 is 2.24 bits per heavy atom. The molecular weight excluding hydrogens is 350 g/mol. The maximum Gasteiger partial charge on any atom is 0.0673 e. The molecule has 160 valence electrons. The average molecular weight is 394 g/mol. The molecule has 0 saturated carbocycles. The summed E-state index contributed by atoms with van der Waals surface area (Å²) in [6.07, 6.45) is 13.4. The van der Waals surface area contributed by atoms with Crippen LogP contribution >= 0.6 is 0 Å². The van der Waals surface area contributed by atoms with E-state index in [1.54, 1.807) is 0 Å². The van der Waals surface area contributed by atoms with Gasteiger partial charge in [0.2, 0.25) is 0 Å². The first-order valence-corrected chi connectivity index (χ1v) is 11.6. The molecule has 1 heteroatoms. The predicted octanol–water partition coefficient (Wildman–Crippen LogP) is 7.21. The summed E-state index contributed by atoms with van der Waals surface area (Å²) in [5.74, 6) is 0.520. The summed E-state index contributed by atoms with van der Waals surface area (Å²) < 4.78 is 0. The van der Waals surface area contributed by atoms with Gasteiger partial charge in [0, 0.05) is 6.20 Å². The van der Waals surface area contributed by atoms with E-state index in [9.17, 15) is 0 Å². The van der Waals surface area contributed by atoms with Crippen LogP contribution in [0.1, 0.15) is 85.4 Å². The Morgan fingerprint density at radius 2 is 1.62 bits per heavy atom. The molecule has 1 aliphatic rings. The summed E-state index contributed by atoms with van der Waals surface area (Å²) in [4.78, 5) is 4.67. The normalized spacial score (nSPS) is 14.2. The first-order valence-electron chi connectivity index (χ1n) is 11.6. The van der Waals surface area contributed by atoms with Gasteiger partial charge in [0.05, 0.1) is 5.69 Å². The zero-order valence-corrected chi connectivity index (χ0v) is 20.1. The molecule has 0 saturated heterocycles. The molecule has 3 rings (SSSR count). The molecule has 0 radical (unpaired) electrons. The summed E-state index contributed by atoms with van der Waals surface area (Å²) in [5, 5.41) is 2.69. The second-order valence-electron chi connectivity index (χ2n) is 6.68. The summed E-state index contributed by atoms with van der Waals surface area (Å²) in [6, 6.07) is 13.0. The maximum absolute atomic E-state index is 4.67. The standard InChI is InChI=1S/C21H23N.C3H8.2C2H6/c1-3-4-5-9-18-12-11-17-8-6-7-10-19(17)21(18)20-15-16(2)13-14-22-20;1-3-2;2*1-2/h4-8,10-11,13-15,18H,3,9,12H2,1-2H3;3H2,1-2H3;2*1-2H3. The van der Waals surface area contributed by atoms with Crippen molar-refractivity contribution in [2.24, 2.45) is 5.92 Å². The Kier molecular flexibility index (Phi) is 15.5. The third-order valence-corrected chi connectivity index (χ3v) is 4.30. The monoisotopic (exact) mass is 393 g/mol. The van der Waals surface area contributed by atoms with Crippen LogP contribution in [0.15, 0.2) is 54.7 Å². The van der Waals surface area contributed by atoms with Crippen LogP contribution in [-0.4, -0.2) is 4.98 Å². The molecule has 0 amide bonds. The van der Waals surface area contributed by atoms with E-state index in [-0.39, 0.29) is 0 Å². The fraction of sp³-hybridized carbons (Fsp3) is 0.464. The number of aromatic nitrogens is 1. The van der Waals surface area contributed by atoms with Crippen molar-refractivity contribution in [1.29, 1.82) is 0 Å². The van der Waals surface area contributed by atoms with Gasteiger partial charge in [0.25, 0.3) is 0 Å². The van der Waals surface area contributed by atoms with Crippen LogP contribution < -0.4 is 10.4 Å². The number of nitrogens with zero attached hydrogens (tertiary/aromatic N) is 1. The van der Waals surface area contributed by atoms with Crippen molar-refractivity contribution in [2.75, 3.05) is 0 Å². The van der Waals surface area contributed by atoms with Crippen LogP contribution in [0.5, 0.6) is 0 Å². The summed E-state index contributed by atoms with van der Waals surface area (Å²) in [7, 11) is 0. The highest BCUT2D eigenvalue weighted by Gasteiger charge is 2.19. The van der Waals surface area contributed by atoms with Crippen molar-refractivity contribution in [3.8, 4) is 0 Å². The van der Waals surface area contributed by atoms with Crippen molar-refractivity contribution >= 4 is 11.6 Å². The van der Waals surface area contributed by atoms with Crippen LogP contribution in [0.4, 0.5) is 0 Å². The molecule has 29 heavy (non-hydrogen) atoms. The summed E-state index contributed by atoms with van der Waals surface area (Å²) >= 11 is 0. The molecule has 1 aromatic heterocycles. The lowest BCUT2D eigenvalue weighted by molar-refractivity contribution is 0.697. The molecule has 1 heterocycles. The highest BCUT2D eigenvalue weighted by Crippen LogP contribution is 2.28. The van der Waals surface area contributed by atoms with E-state index < -0.39 is 0 Å². The second kappa shape index (κ2) is 16.8. The van der Waals surface area contributed by atoms with E-state index in [0.29, 0.717) is 5.92 Å². The number of rotatable bonds is 4. The summed E-state index contributed by atoms with van der Waals surface area (Å²) in [5.41, 5.74) is 3.81. The van der Waals surface area contributed by atoms with Gasteiger partial charge in [0.15, 0.2) is 0 Å². The highest BCUT2D eigenvalue weighted by atomic mass is 14.7. The van der Waals surface area contributed by atoms with Gasteiger partial charge in [-0.05, 0) is 65.8 Å². The number of fused-ring (bicyclic) bond motifs is 1. The smallest absolute Gasteiger partial charge is 0.0673 e. The molecule has 0 spiro atoms. The minimum Gasteiger partial charge on any atom is -0.257 e. The van der Waals surface area contributed by atoms with Gasteiger partial charge in [-0.1, -0.05) is 97.4 Å². The van der Waals surface area contributed by atoms with E-state index >= 15 is 0 Å². The number of hydrogen-bond acceptors (Lipinski definition) is 1. The molecule has 0 fully saturated rings. The Balaban J connectivity index is 0.00000100. The minimum absolute atomic E-state index is 0.520. The number of benzene rings is 1. The van der Waals surface area contributed by atoms with Crippen LogP contribution in [0.25, 0.3) is 11.6 Å². The van der Waals surface area contributed by atoms with Gasteiger partial charge in [-0.15, -0.1) is 0 Å². The Bertz CT molecular complexity index is 814. The molecule has 0 bridgehead atoms. The molecule has 1 aromatic carbocycles. The maximum atomic E-state index is 4.67. The van der Waals surface area contributed by atoms with Crippen molar-refractivity contribution < 1.29 is 0 Å². The lowest BCUT2D eigenvalue weighted by Gasteiger charge is -2.21. The zero-order valence-electron chi connectivity index (χ0n) is 20.1. The van der Waals surface area contributed by atoms with Crippen molar-refractivity contribution in [2.45, 2.75) is 81.1 Å². The van der Waals surface area contributed by atoms with Gasteiger partial charge in [0.1, 0.15) is 0 Å². The van der Waals surface area contributed by atoms with E-state index in [1.165, 1.54) is 28.0 Å². The fourth-order valence-corrected chi connectivity index (χ4v) is 3.20. The van der Waals surface area contributed by atoms with E-state index in [0.717, 1.165) is 25.0 Å². The van der Waals surface area contributed by atoms with Crippen molar-refractivity contribution in [3.05, 3.63) is 76.4 Å². The second-order valence-corrected chi connectivity index (χ2v) is 6.68. The number of allylic oxidation sites excluding steroid dienone is 2. The van der Waals surface area contributed by atoms with Gasteiger partial charge in [-0.3, -0.25) is 4.98 Å². The average Bonchev–Trinajstić information content (AvgIpc) is 2.77. The van der Waals surface area contributed by atoms with Crippen LogP contribution in [-0.2, 0) is 0 Å². The fourth-order valence-electron chi connectivity index (χ4n) is 3.20. The topological polar surface area (TPSA) is 12.9 Å². The van der Waals surface area contributed by atoms with Crippen LogP contribution in [0.3, 0.4) is 0 Å². The molecule has 1 atom stereocenters.